The van der Waals surface area contributed by atoms with E-state index in [9.17, 15) is 5.26 Å². The third kappa shape index (κ3) is 2.42. The Balaban J connectivity index is 2.12. The number of aromatic nitrogens is 3. The molecule has 0 aliphatic carbocycles. The lowest BCUT2D eigenvalue weighted by atomic mass is 9.98. The Morgan fingerprint density at radius 3 is 2.31 bits per heavy atom. The van der Waals surface area contributed by atoms with E-state index in [4.69, 9.17) is 23.1 Å². The Kier molecular flexibility index (Phi) is 3.72. The van der Waals surface area contributed by atoms with Gasteiger partial charge in [-0.25, -0.2) is 9.67 Å². The Labute approximate surface area is 154 Å². The van der Waals surface area contributed by atoms with Crippen LogP contribution in [0.25, 0.3) is 27.8 Å². The Morgan fingerprint density at radius 2 is 1.65 bits per heavy atom. The summed E-state index contributed by atoms with van der Waals surface area (Å²) in [6.07, 6.45) is 0. The van der Waals surface area contributed by atoms with Gasteiger partial charge >= 0.3 is 0 Å². The van der Waals surface area contributed by atoms with E-state index in [0.717, 1.165) is 11.3 Å². The van der Waals surface area contributed by atoms with Crippen LogP contribution >= 0.6 is 11.6 Å². The summed E-state index contributed by atoms with van der Waals surface area (Å²) in [5, 5.41) is 15.2. The fourth-order valence-corrected chi connectivity index (χ4v) is 3.09. The average Bonchev–Trinajstić information content (AvgIpc) is 2.98. The van der Waals surface area contributed by atoms with E-state index in [2.05, 4.69) is 16.2 Å². The van der Waals surface area contributed by atoms with E-state index < -0.39 is 0 Å². The minimum absolute atomic E-state index is 0.127. The van der Waals surface area contributed by atoms with Gasteiger partial charge in [-0.2, -0.15) is 5.26 Å². The molecular weight excluding hydrogens is 348 g/mol. The van der Waals surface area contributed by atoms with Gasteiger partial charge in [-0.05, 0) is 29.8 Å². The monoisotopic (exact) mass is 360 g/mol. The van der Waals surface area contributed by atoms with Gasteiger partial charge in [0.2, 0.25) is 0 Å². The van der Waals surface area contributed by atoms with E-state index >= 15 is 0 Å². The van der Waals surface area contributed by atoms with Crippen molar-refractivity contribution in [1.29, 1.82) is 5.26 Å². The minimum atomic E-state index is 0.127. The number of fused-ring (bicyclic) bond motifs is 1. The van der Waals surface area contributed by atoms with Crippen LogP contribution in [0.4, 0.5) is 11.6 Å². The minimum Gasteiger partial charge on any atom is -0.383 e. The van der Waals surface area contributed by atoms with Crippen LogP contribution in [-0.4, -0.2) is 14.8 Å². The number of halogens is 1. The van der Waals surface area contributed by atoms with E-state index in [1.807, 2.05) is 42.5 Å². The number of hydrogen-bond donors (Lipinski definition) is 2. The number of nitriles is 1. The lowest BCUT2D eigenvalue weighted by molar-refractivity contribution is 0.903. The fourth-order valence-electron chi connectivity index (χ4n) is 2.96. The first-order valence-electron chi connectivity index (χ1n) is 7.79. The van der Waals surface area contributed by atoms with Gasteiger partial charge in [0.1, 0.15) is 17.5 Å². The van der Waals surface area contributed by atoms with Crippen LogP contribution in [0.5, 0.6) is 0 Å². The molecule has 26 heavy (non-hydrogen) atoms. The summed E-state index contributed by atoms with van der Waals surface area (Å²) in [6.45, 7) is 0. The molecule has 0 saturated carbocycles. The van der Waals surface area contributed by atoms with E-state index in [0.29, 0.717) is 21.6 Å². The topological polar surface area (TPSA) is 107 Å². The number of para-hydroxylation sites is 1. The van der Waals surface area contributed by atoms with Crippen LogP contribution < -0.4 is 11.5 Å². The van der Waals surface area contributed by atoms with Crippen LogP contribution in [0.1, 0.15) is 5.56 Å². The van der Waals surface area contributed by atoms with Gasteiger partial charge < -0.3 is 11.5 Å². The molecule has 0 amide bonds. The highest BCUT2D eigenvalue weighted by Gasteiger charge is 2.22. The van der Waals surface area contributed by atoms with Crippen molar-refractivity contribution in [3.8, 4) is 22.9 Å². The maximum Gasteiger partial charge on any atom is 0.168 e. The highest BCUT2D eigenvalue weighted by molar-refractivity contribution is 6.30. The van der Waals surface area contributed by atoms with Gasteiger partial charge in [0.05, 0.1) is 11.1 Å². The van der Waals surface area contributed by atoms with Gasteiger partial charge in [-0.15, -0.1) is 5.10 Å². The van der Waals surface area contributed by atoms with Gasteiger partial charge in [-0.1, -0.05) is 41.9 Å². The van der Waals surface area contributed by atoms with Crippen molar-refractivity contribution in [1.82, 2.24) is 14.8 Å². The second kappa shape index (κ2) is 6.06. The molecule has 0 bridgehead atoms. The highest BCUT2D eigenvalue weighted by atomic mass is 35.5. The molecule has 0 saturated heterocycles. The normalized spacial score (nSPS) is 10.8. The van der Waals surface area contributed by atoms with Crippen molar-refractivity contribution < 1.29 is 0 Å². The molecule has 2 aromatic heterocycles. The van der Waals surface area contributed by atoms with Crippen molar-refractivity contribution in [2.24, 2.45) is 0 Å². The Hall–Kier alpha value is -3.56. The number of nitrogens with zero attached hydrogens (tertiary/aromatic N) is 4. The number of nitrogen functional groups attached to an aromatic ring is 2. The van der Waals surface area contributed by atoms with Crippen LogP contribution in [0.3, 0.4) is 0 Å². The molecule has 0 unspecified atom stereocenters. The summed E-state index contributed by atoms with van der Waals surface area (Å²) in [7, 11) is 0. The third-order valence-corrected chi connectivity index (χ3v) is 4.37. The van der Waals surface area contributed by atoms with Gasteiger partial charge in [-0.3, -0.25) is 0 Å². The van der Waals surface area contributed by atoms with Crippen molar-refractivity contribution in [3.05, 3.63) is 65.2 Å². The summed E-state index contributed by atoms with van der Waals surface area (Å²) in [5.41, 5.74) is 15.2. The molecule has 126 valence electrons. The third-order valence-electron chi connectivity index (χ3n) is 4.12. The second-order valence-corrected chi connectivity index (χ2v) is 6.13. The number of nitrogens with two attached hydrogens (primary N) is 2. The zero-order valence-electron chi connectivity index (χ0n) is 13.5. The number of hydrogen-bond acceptors (Lipinski definition) is 5. The van der Waals surface area contributed by atoms with Crippen LogP contribution in [0, 0.1) is 11.3 Å². The van der Waals surface area contributed by atoms with Crippen LogP contribution in [0.15, 0.2) is 54.6 Å². The molecule has 0 aliphatic rings. The molecule has 2 heterocycles. The van der Waals surface area contributed by atoms with Crippen LogP contribution in [-0.2, 0) is 0 Å². The maximum absolute atomic E-state index is 9.63. The predicted molar refractivity (Wildman–Crippen MR) is 103 cm³/mol. The second-order valence-electron chi connectivity index (χ2n) is 5.70. The van der Waals surface area contributed by atoms with Crippen molar-refractivity contribution in [2.75, 3.05) is 11.5 Å². The largest absolute Gasteiger partial charge is 0.383 e. The molecule has 4 rings (SSSR count). The molecule has 6 nitrogen and oxygen atoms in total. The zero-order valence-corrected chi connectivity index (χ0v) is 14.3. The molecule has 4 aromatic rings. The first-order chi connectivity index (χ1) is 12.6. The van der Waals surface area contributed by atoms with Crippen molar-refractivity contribution >= 4 is 34.3 Å². The highest BCUT2D eigenvalue weighted by Crippen LogP contribution is 2.37. The lowest BCUT2D eigenvalue weighted by Gasteiger charge is -2.10. The number of rotatable bonds is 2. The first kappa shape index (κ1) is 15.9. The fraction of sp³-hybridized carbons (Fsp3) is 0. The lowest BCUT2D eigenvalue weighted by Crippen LogP contribution is -2.02. The number of benzene rings is 2. The van der Waals surface area contributed by atoms with E-state index in [1.165, 1.54) is 0 Å². The molecule has 0 spiro atoms. The first-order valence-corrected chi connectivity index (χ1v) is 8.17. The van der Waals surface area contributed by atoms with Crippen molar-refractivity contribution in [3.63, 3.8) is 0 Å². The van der Waals surface area contributed by atoms with E-state index in [1.54, 1.807) is 16.8 Å². The quantitative estimate of drug-likeness (QED) is 0.565. The Morgan fingerprint density at radius 1 is 0.962 bits per heavy atom. The smallest absolute Gasteiger partial charge is 0.168 e. The summed E-state index contributed by atoms with van der Waals surface area (Å²) in [4.78, 5) is 4.40. The molecule has 0 radical (unpaired) electrons. The molecule has 4 N–H and O–H groups in total. The molecule has 0 atom stereocenters. The summed E-state index contributed by atoms with van der Waals surface area (Å²) >= 11 is 5.99. The predicted octanol–water partition coefficient (Wildman–Crippen LogP) is 3.78. The van der Waals surface area contributed by atoms with Gasteiger partial charge in [0.25, 0.3) is 0 Å². The number of anilines is 2. The summed E-state index contributed by atoms with van der Waals surface area (Å²) in [6, 6.07) is 18.7. The summed E-state index contributed by atoms with van der Waals surface area (Å²) < 4.78 is 1.63. The molecule has 7 heteroatoms. The average molecular weight is 361 g/mol. The SMILES string of the molecule is N#Cc1c(N)nc2c(c(N)nn2-c2ccccc2)c1-c1ccc(Cl)cc1. The standard InChI is InChI=1S/C19H13ClN6/c20-12-8-6-11(7-9-12)15-14(10-21)17(22)24-19-16(15)18(23)25-26(19)13-4-2-1-3-5-13/h1-9H,(H2,22,24)(H2,23,25). The van der Waals surface area contributed by atoms with Crippen LogP contribution in [0.2, 0.25) is 5.02 Å². The molecule has 2 aromatic carbocycles. The molecule has 0 fully saturated rings. The van der Waals surface area contributed by atoms with Gasteiger partial charge in [0.15, 0.2) is 11.5 Å². The molecule has 0 aliphatic heterocycles. The molecular formula is C19H13ClN6. The zero-order chi connectivity index (χ0) is 18.3. The van der Waals surface area contributed by atoms with Crippen molar-refractivity contribution in [2.45, 2.75) is 0 Å². The van der Waals surface area contributed by atoms with Gasteiger partial charge in [0, 0.05) is 10.6 Å². The number of pyridine rings is 1. The maximum atomic E-state index is 9.63. The Bertz CT molecular complexity index is 1160. The van der Waals surface area contributed by atoms with E-state index in [-0.39, 0.29) is 17.2 Å². The summed E-state index contributed by atoms with van der Waals surface area (Å²) in [5.74, 6) is 0.403.